The van der Waals surface area contributed by atoms with Crippen molar-refractivity contribution in [1.82, 2.24) is 26.4 Å². The van der Waals surface area contributed by atoms with Gasteiger partial charge in [-0.1, -0.05) is 17.7 Å². The number of carbonyl (C=O) groups is 4. The highest BCUT2D eigenvalue weighted by Gasteiger charge is 2.30. The summed E-state index contributed by atoms with van der Waals surface area (Å²) >= 11 is 6.11. The fraction of sp³-hybridized carbons (Fsp3) is 0.217. The number of carbonyl (C=O) groups excluding carboxylic acids is 4. The molecule has 2 aromatic carbocycles. The van der Waals surface area contributed by atoms with Crippen molar-refractivity contribution in [3.63, 3.8) is 0 Å². The first-order chi connectivity index (χ1) is 17.4. The first-order valence-corrected chi connectivity index (χ1v) is 12.7. The molecule has 14 heteroatoms. The van der Waals surface area contributed by atoms with E-state index in [0.717, 1.165) is 11.1 Å². The molecule has 1 aromatic heterocycles. The number of aryl methyl sites for hydroxylation is 2. The van der Waals surface area contributed by atoms with Gasteiger partial charge in [-0.15, -0.1) is 0 Å². The molecule has 3 aromatic rings. The van der Waals surface area contributed by atoms with E-state index in [9.17, 15) is 27.6 Å². The lowest BCUT2D eigenvalue weighted by atomic mass is 10.2. The zero-order valence-electron chi connectivity index (χ0n) is 19.9. The lowest BCUT2D eigenvalue weighted by molar-refractivity contribution is -0.127. The van der Waals surface area contributed by atoms with E-state index in [1.165, 1.54) is 18.2 Å². The van der Waals surface area contributed by atoms with E-state index < -0.39 is 46.6 Å². The van der Waals surface area contributed by atoms with Crippen LogP contribution in [-0.2, 0) is 24.2 Å². The molecule has 0 saturated heterocycles. The summed E-state index contributed by atoms with van der Waals surface area (Å²) in [6.07, 6.45) is 0. The van der Waals surface area contributed by atoms with Gasteiger partial charge in [0.25, 0.3) is 11.8 Å². The van der Waals surface area contributed by atoms with Gasteiger partial charge in [-0.2, -0.15) is 0 Å². The summed E-state index contributed by atoms with van der Waals surface area (Å²) in [5.41, 5.74) is 3.38. The average molecular weight is 549 g/mol. The molecule has 0 aliphatic carbocycles. The second-order valence-corrected chi connectivity index (χ2v) is 10.5. The van der Waals surface area contributed by atoms with Gasteiger partial charge < -0.3 is 20.9 Å². The molecule has 12 nitrogen and oxygen atoms in total. The molecular formula is C23H25ClN6O6S. The minimum Gasteiger partial charge on any atom is -0.349 e. The summed E-state index contributed by atoms with van der Waals surface area (Å²) in [6, 6.07) is 9.36. The standard InChI is InChI=1S/C23H25ClN6O6S/c1-12-5-13(2)7-15(6-12)37(35,36)22-16-8-14(24)3-4-17(16)29-21(22)23(34)28-10-19(32)26-9-18(31)27-11-20(33)30-25/h3-8,29H,9-11,25H2,1-2H3,(H,26,32)(H,27,31)(H,28,34)(H,30,33). The van der Waals surface area contributed by atoms with Gasteiger partial charge in [-0.25, -0.2) is 14.3 Å². The highest BCUT2D eigenvalue weighted by Crippen LogP contribution is 2.34. The number of sulfone groups is 1. The summed E-state index contributed by atoms with van der Waals surface area (Å²) in [5.74, 6) is 2.05. The fourth-order valence-electron chi connectivity index (χ4n) is 3.57. The number of amides is 4. The Labute approximate surface area is 217 Å². The molecule has 0 aliphatic rings. The molecule has 0 bridgehead atoms. The molecule has 196 valence electrons. The Bertz CT molecular complexity index is 1480. The fourth-order valence-corrected chi connectivity index (χ4v) is 5.53. The molecule has 37 heavy (non-hydrogen) atoms. The number of benzene rings is 2. The number of nitrogens with two attached hydrogens (primary N) is 1. The van der Waals surface area contributed by atoms with Crippen molar-refractivity contribution in [1.29, 1.82) is 0 Å². The van der Waals surface area contributed by atoms with Crippen molar-refractivity contribution >= 4 is 56.0 Å². The number of hydrogen-bond donors (Lipinski definition) is 6. The van der Waals surface area contributed by atoms with Gasteiger partial charge in [0.1, 0.15) is 10.6 Å². The maximum Gasteiger partial charge on any atom is 0.269 e. The van der Waals surface area contributed by atoms with Gasteiger partial charge >= 0.3 is 0 Å². The first-order valence-electron chi connectivity index (χ1n) is 10.9. The molecule has 0 spiro atoms. The quantitative estimate of drug-likeness (QED) is 0.125. The van der Waals surface area contributed by atoms with Crippen LogP contribution in [-0.4, -0.2) is 56.7 Å². The summed E-state index contributed by atoms with van der Waals surface area (Å²) in [4.78, 5) is 50.4. The molecule has 0 atom stereocenters. The third-order valence-electron chi connectivity index (χ3n) is 5.18. The van der Waals surface area contributed by atoms with Crippen LogP contribution in [0.4, 0.5) is 0 Å². The molecule has 0 radical (unpaired) electrons. The topological polar surface area (TPSA) is 192 Å². The minimum atomic E-state index is -4.18. The third-order valence-corrected chi connectivity index (χ3v) is 7.23. The van der Waals surface area contributed by atoms with Crippen molar-refractivity contribution in [3.05, 3.63) is 58.2 Å². The van der Waals surface area contributed by atoms with Crippen LogP contribution in [0.25, 0.3) is 10.9 Å². The van der Waals surface area contributed by atoms with Crippen LogP contribution >= 0.6 is 11.6 Å². The molecule has 0 fully saturated rings. The molecule has 7 N–H and O–H groups in total. The monoisotopic (exact) mass is 548 g/mol. The number of hydrogen-bond acceptors (Lipinski definition) is 7. The normalized spacial score (nSPS) is 11.1. The summed E-state index contributed by atoms with van der Waals surface area (Å²) < 4.78 is 27.4. The number of hydrazine groups is 1. The number of nitrogens with one attached hydrogen (secondary N) is 5. The van der Waals surface area contributed by atoms with Gasteiger partial charge in [0, 0.05) is 15.9 Å². The van der Waals surface area contributed by atoms with E-state index in [2.05, 4.69) is 20.9 Å². The number of aromatic amines is 1. The lowest BCUT2D eigenvalue weighted by Crippen LogP contribution is -2.45. The van der Waals surface area contributed by atoms with Gasteiger partial charge in [0.15, 0.2) is 0 Å². The van der Waals surface area contributed by atoms with Gasteiger partial charge in [0.05, 0.1) is 24.5 Å². The Kier molecular flexibility index (Phi) is 8.53. The Morgan fingerprint density at radius 2 is 1.43 bits per heavy atom. The van der Waals surface area contributed by atoms with E-state index in [-0.39, 0.29) is 32.4 Å². The molecule has 1 heterocycles. The van der Waals surface area contributed by atoms with E-state index in [1.807, 2.05) is 11.5 Å². The second-order valence-electron chi connectivity index (χ2n) is 8.15. The molecular weight excluding hydrogens is 524 g/mol. The van der Waals surface area contributed by atoms with Crippen LogP contribution in [0, 0.1) is 13.8 Å². The highest BCUT2D eigenvalue weighted by molar-refractivity contribution is 7.91. The maximum atomic E-state index is 13.7. The van der Waals surface area contributed by atoms with Crippen molar-refractivity contribution in [2.24, 2.45) is 5.84 Å². The predicted octanol–water partition coefficient (Wildman–Crippen LogP) is 0.223. The van der Waals surface area contributed by atoms with Crippen molar-refractivity contribution in [3.8, 4) is 0 Å². The largest absolute Gasteiger partial charge is 0.349 e. The number of fused-ring (bicyclic) bond motifs is 1. The number of halogens is 1. The maximum absolute atomic E-state index is 13.7. The molecule has 0 unspecified atom stereocenters. The zero-order chi connectivity index (χ0) is 27.3. The SMILES string of the molecule is Cc1cc(C)cc(S(=O)(=O)c2c(C(=O)NCC(=O)NCC(=O)NCC(=O)NN)[nH]c3ccc(Cl)cc23)c1. The van der Waals surface area contributed by atoms with Gasteiger partial charge in [-0.3, -0.25) is 24.6 Å². The van der Waals surface area contributed by atoms with Crippen LogP contribution in [0.15, 0.2) is 46.2 Å². The summed E-state index contributed by atoms with van der Waals surface area (Å²) in [7, 11) is -4.18. The first kappa shape index (κ1) is 27.6. The number of aromatic nitrogens is 1. The predicted molar refractivity (Wildman–Crippen MR) is 135 cm³/mol. The van der Waals surface area contributed by atoms with Crippen LogP contribution < -0.4 is 27.2 Å². The zero-order valence-corrected chi connectivity index (χ0v) is 21.5. The van der Waals surface area contributed by atoms with E-state index in [4.69, 9.17) is 17.4 Å². The minimum absolute atomic E-state index is 0.00648. The van der Waals surface area contributed by atoms with Crippen LogP contribution in [0.1, 0.15) is 21.6 Å². The van der Waals surface area contributed by atoms with Crippen LogP contribution in [0.2, 0.25) is 5.02 Å². The molecule has 4 amide bonds. The van der Waals surface area contributed by atoms with E-state index in [0.29, 0.717) is 5.52 Å². The van der Waals surface area contributed by atoms with Crippen molar-refractivity contribution in [2.75, 3.05) is 19.6 Å². The molecule has 3 rings (SSSR count). The second kappa shape index (κ2) is 11.4. The Morgan fingerprint density at radius 3 is 2.03 bits per heavy atom. The van der Waals surface area contributed by atoms with E-state index >= 15 is 0 Å². The Hall–Kier alpha value is -3.94. The van der Waals surface area contributed by atoms with Crippen LogP contribution in [0.5, 0.6) is 0 Å². The van der Waals surface area contributed by atoms with Gasteiger partial charge in [-0.05, 0) is 55.3 Å². The number of rotatable bonds is 9. The number of H-pyrrole nitrogens is 1. The van der Waals surface area contributed by atoms with Crippen molar-refractivity contribution in [2.45, 2.75) is 23.6 Å². The molecule has 0 saturated carbocycles. The highest BCUT2D eigenvalue weighted by atomic mass is 35.5. The third kappa shape index (κ3) is 6.64. The lowest BCUT2D eigenvalue weighted by Gasteiger charge is -2.10. The van der Waals surface area contributed by atoms with Crippen LogP contribution in [0.3, 0.4) is 0 Å². The van der Waals surface area contributed by atoms with E-state index in [1.54, 1.807) is 26.0 Å². The average Bonchev–Trinajstić information content (AvgIpc) is 3.23. The summed E-state index contributed by atoms with van der Waals surface area (Å²) in [5, 5.41) is 7.35. The van der Waals surface area contributed by atoms with Crippen molar-refractivity contribution < 1.29 is 27.6 Å². The Morgan fingerprint density at radius 1 is 0.865 bits per heavy atom. The molecule has 0 aliphatic heterocycles. The van der Waals surface area contributed by atoms with Gasteiger partial charge in [0.2, 0.25) is 21.7 Å². The smallest absolute Gasteiger partial charge is 0.269 e. The Balaban J connectivity index is 1.82. The summed E-state index contributed by atoms with van der Waals surface area (Å²) in [6.45, 7) is 2.15.